The van der Waals surface area contributed by atoms with Gasteiger partial charge in [0.15, 0.2) is 0 Å². The second-order valence-corrected chi connectivity index (χ2v) is 17.6. The number of aliphatic imine (C=N–C) groups is 1. The molecular formula is C35H47N5O2S. The van der Waals surface area contributed by atoms with Gasteiger partial charge in [-0.05, 0) is 99.3 Å². The Balaban J connectivity index is 1.30. The normalized spacial score (nSPS) is 17.5. The third-order valence-electron chi connectivity index (χ3n) is 8.41. The van der Waals surface area contributed by atoms with Gasteiger partial charge < -0.3 is 20.8 Å². The Morgan fingerprint density at radius 1 is 1.05 bits per heavy atom. The van der Waals surface area contributed by atoms with Gasteiger partial charge >= 0.3 is 0 Å². The molecule has 0 bridgehead atoms. The monoisotopic (exact) mass is 601 g/mol. The van der Waals surface area contributed by atoms with Crippen LogP contribution in [0.15, 0.2) is 71.5 Å². The average molecular weight is 602 g/mol. The third kappa shape index (κ3) is 8.39. The van der Waals surface area contributed by atoms with E-state index in [2.05, 4.69) is 46.2 Å². The highest BCUT2D eigenvalue weighted by Crippen LogP contribution is 2.54. The quantitative estimate of drug-likeness (QED) is 0.136. The Kier molecular flexibility index (Phi) is 9.77. The lowest BCUT2D eigenvalue weighted by atomic mass is 9.82. The minimum atomic E-state index is -0.588. The zero-order valence-electron chi connectivity index (χ0n) is 26.2. The largest absolute Gasteiger partial charge is 0.402 e. The summed E-state index contributed by atoms with van der Waals surface area (Å²) in [6.07, 6.45) is 13.5. The molecule has 5 rings (SSSR count). The summed E-state index contributed by atoms with van der Waals surface area (Å²) in [5, 5.41) is 3.23. The van der Waals surface area contributed by atoms with Crippen LogP contribution in [-0.2, 0) is 9.53 Å². The number of rotatable bonds is 14. The van der Waals surface area contributed by atoms with Gasteiger partial charge in [-0.1, -0.05) is 42.5 Å². The van der Waals surface area contributed by atoms with Crippen molar-refractivity contribution in [3.8, 4) is 11.3 Å². The van der Waals surface area contributed by atoms with Gasteiger partial charge in [0.2, 0.25) is 5.91 Å². The van der Waals surface area contributed by atoms with Gasteiger partial charge in [-0.25, -0.2) is 15.0 Å². The first-order valence-electron chi connectivity index (χ1n) is 15.3. The predicted octanol–water partition coefficient (Wildman–Crippen LogP) is 7.05. The summed E-state index contributed by atoms with van der Waals surface area (Å²) >= 11 is 0. The number of imidazole rings is 1. The summed E-state index contributed by atoms with van der Waals surface area (Å²) in [5.74, 6) is 3.02. The molecule has 1 unspecified atom stereocenters. The first-order chi connectivity index (χ1) is 20.6. The molecule has 8 heteroatoms. The number of carbonyl (C=O) groups excluding carboxylic acids is 1. The van der Waals surface area contributed by atoms with Gasteiger partial charge in [-0.3, -0.25) is 9.79 Å². The molecule has 1 atom stereocenters. The number of hydrogen-bond acceptors (Lipinski definition) is 5. The molecule has 4 N–H and O–H groups in total. The number of amides is 1. The smallest absolute Gasteiger partial charge is 0.235 e. The number of benzene rings is 2. The summed E-state index contributed by atoms with van der Waals surface area (Å²) in [5.41, 5.74) is 12.5. The van der Waals surface area contributed by atoms with Crippen LogP contribution in [0.5, 0.6) is 0 Å². The summed E-state index contributed by atoms with van der Waals surface area (Å²) < 4.78 is 5.77. The summed E-state index contributed by atoms with van der Waals surface area (Å²) in [7, 11) is -0.588. The van der Waals surface area contributed by atoms with Crippen LogP contribution in [0.25, 0.3) is 16.8 Å². The van der Waals surface area contributed by atoms with E-state index in [-0.39, 0.29) is 11.8 Å². The summed E-state index contributed by atoms with van der Waals surface area (Å²) in [4.78, 5) is 26.9. The molecule has 1 aromatic heterocycles. The topological polar surface area (TPSA) is 105 Å². The van der Waals surface area contributed by atoms with Crippen LogP contribution in [0.4, 0.5) is 5.69 Å². The maximum Gasteiger partial charge on any atom is 0.235 e. The van der Waals surface area contributed by atoms with Gasteiger partial charge in [-0.15, -0.1) is 0 Å². The maximum absolute atomic E-state index is 14.0. The Morgan fingerprint density at radius 3 is 2.28 bits per heavy atom. The second kappa shape index (κ2) is 13.5. The lowest BCUT2D eigenvalue weighted by molar-refractivity contribution is -0.119. The molecular weight excluding hydrogens is 554 g/mol. The number of nitrogens with zero attached hydrogens (tertiary/aromatic N) is 2. The van der Waals surface area contributed by atoms with Crippen molar-refractivity contribution in [2.45, 2.75) is 45.4 Å². The van der Waals surface area contributed by atoms with E-state index in [0.717, 1.165) is 45.4 Å². The first kappa shape index (κ1) is 31.1. The number of hydrogen-bond donors (Lipinski definition) is 3. The number of H-pyrrole nitrogens is 1. The molecule has 2 fully saturated rings. The van der Waals surface area contributed by atoms with Gasteiger partial charge in [0.05, 0.1) is 24.4 Å². The van der Waals surface area contributed by atoms with E-state index in [1.165, 1.54) is 25.7 Å². The van der Waals surface area contributed by atoms with E-state index in [1.54, 1.807) is 0 Å². The Hall–Kier alpha value is -3.36. The minimum Gasteiger partial charge on any atom is -0.402 e. The fourth-order valence-electron chi connectivity index (χ4n) is 5.89. The molecule has 43 heavy (non-hydrogen) atoms. The molecule has 2 aliphatic rings. The van der Waals surface area contributed by atoms with Gasteiger partial charge in [0.25, 0.3) is 0 Å². The van der Waals surface area contributed by atoms with Crippen molar-refractivity contribution < 1.29 is 9.53 Å². The molecule has 1 amide bonds. The van der Waals surface area contributed by atoms with E-state index < -0.39 is 10.0 Å². The summed E-state index contributed by atoms with van der Waals surface area (Å²) in [6.45, 7) is 4.88. The van der Waals surface area contributed by atoms with Crippen LogP contribution < -0.4 is 11.1 Å². The molecule has 2 aliphatic carbocycles. The molecule has 0 aliphatic heterocycles. The predicted molar refractivity (Wildman–Crippen MR) is 182 cm³/mol. The number of aromatic nitrogens is 2. The van der Waals surface area contributed by atoms with Gasteiger partial charge in [0, 0.05) is 28.4 Å². The van der Waals surface area contributed by atoms with Crippen LogP contribution in [-0.4, -0.2) is 59.4 Å². The molecule has 7 nitrogen and oxygen atoms in total. The number of allylic oxidation sites excluding steroid dienone is 2. The number of ether oxygens (including phenoxy) is 1. The van der Waals surface area contributed by atoms with E-state index in [1.807, 2.05) is 62.5 Å². The van der Waals surface area contributed by atoms with E-state index in [4.69, 9.17) is 15.5 Å². The molecule has 2 aromatic carbocycles. The number of nitrogens with one attached hydrogen (secondary N) is 2. The zero-order valence-corrected chi connectivity index (χ0v) is 27.0. The van der Waals surface area contributed by atoms with Crippen LogP contribution in [0, 0.1) is 17.8 Å². The van der Waals surface area contributed by atoms with Crippen molar-refractivity contribution in [3.05, 3.63) is 77.9 Å². The highest BCUT2D eigenvalue weighted by Gasteiger charge is 2.49. The van der Waals surface area contributed by atoms with Gasteiger partial charge in [-0.2, -0.15) is 0 Å². The number of anilines is 1. The lowest BCUT2D eigenvalue weighted by Gasteiger charge is -2.25. The van der Waals surface area contributed by atoms with Crippen molar-refractivity contribution in [1.29, 1.82) is 0 Å². The van der Waals surface area contributed by atoms with E-state index in [9.17, 15) is 4.79 Å². The maximum atomic E-state index is 14.0. The standard InChI is InChI=1S/C35H47N5O2S/c1-23(36)31(24(2)38-22-42-19-20-43(3,4)5)26-15-17-29(18-16-26)39-35(41)33(32(27-11-12-27)28-13-14-28)34-37-21-30(40-34)25-9-7-6-8-10-25/h6-10,15-18,21,27-28,32-33H,11-14,19-20,22,36H2,1-5H3,(H,37,40)(H,39,41). The lowest BCUT2D eigenvalue weighted by Crippen LogP contribution is -2.31. The molecule has 0 saturated heterocycles. The van der Waals surface area contributed by atoms with Crippen LogP contribution in [0.2, 0.25) is 0 Å². The molecule has 1 heterocycles. The van der Waals surface area contributed by atoms with E-state index >= 15 is 0 Å². The molecule has 230 valence electrons. The fraction of sp³-hybridized carbons (Fsp3) is 0.457. The minimum absolute atomic E-state index is 0.00303. The molecule has 2 saturated carbocycles. The van der Waals surface area contributed by atoms with Crippen molar-refractivity contribution >= 4 is 32.9 Å². The van der Waals surface area contributed by atoms with Crippen LogP contribution >= 0.6 is 10.0 Å². The van der Waals surface area contributed by atoms with Gasteiger partial charge in [0.1, 0.15) is 12.6 Å². The Morgan fingerprint density at radius 2 is 1.70 bits per heavy atom. The van der Waals surface area contributed by atoms with Crippen molar-refractivity contribution in [1.82, 2.24) is 9.97 Å². The Labute approximate surface area is 258 Å². The first-order valence-corrected chi connectivity index (χ1v) is 18.4. The fourth-order valence-corrected chi connectivity index (χ4v) is 6.51. The SMILES string of the molecule is CC(=NCOCCS(C)(C)C)C(=C(C)N)c1ccc(NC(=O)C(c2ncc(-c3ccccc3)[nH]2)C(C2CC2)C2CC2)cc1. The number of aromatic amines is 1. The summed E-state index contributed by atoms with van der Waals surface area (Å²) in [6, 6.07) is 18.1. The zero-order chi connectivity index (χ0) is 30.6. The highest BCUT2D eigenvalue weighted by molar-refractivity contribution is 8.32. The molecule has 0 radical (unpaired) electrons. The van der Waals surface area contributed by atoms with Crippen LogP contribution in [0.1, 0.15) is 56.8 Å². The van der Waals surface area contributed by atoms with E-state index in [0.29, 0.717) is 36.8 Å². The Bertz CT molecular complexity index is 1430. The second-order valence-electron chi connectivity index (χ2n) is 13.0. The van der Waals surface area contributed by atoms with Crippen LogP contribution in [0.3, 0.4) is 0 Å². The third-order valence-corrected chi connectivity index (χ3v) is 9.80. The average Bonchev–Trinajstić information content (AvgIpc) is 3.91. The van der Waals surface area contributed by atoms with Crippen molar-refractivity contribution in [2.24, 2.45) is 28.5 Å². The highest BCUT2D eigenvalue weighted by atomic mass is 32.3. The molecule has 3 aromatic rings. The van der Waals surface area contributed by atoms with Crippen molar-refractivity contribution in [2.75, 3.05) is 43.2 Å². The van der Waals surface area contributed by atoms with Crippen molar-refractivity contribution in [3.63, 3.8) is 0 Å². The molecule has 0 spiro atoms. The number of carbonyl (C=O) groups is 1. The number of nitrogens with two attached hydrogens (primary N) is 1.